The molecule has 0 radical (unpaired) electrons. The molecular formula is C17H26ClNO. The summed E-state index contributed by atoms with van der Waals surface area (Å²) in [5, 5.41) is 0. The molecule has 0 spiro atoms. The second kappa shape index (κ2) is 6.82. The van der Waals surface area contributed by atoms with Crippen LogP contribution in [0.25, 0.3) is 0 Å². The smallest absolute Gasteiger partial charge is 0.119 e. The minimum atomic E-state index is 0.199. The van der Waals surface area contributed by atoms with E-state index in [1.807, 2.05) is 0 Å². The van der Waals surface area contributed by atoms with Gasteiger partial charge in [0.1, 0.15) is 11.9 Å². The molecule has 1 unspecified atom stereocenters. The molecule has 1 atom stereocenters. The van der Waals surface area contributed by atoms with E-state index in [1.54, 1.807) is 0 Å². The number of ether oxygens (including phenoxy) is 1. The first-order valence-corrected chi connectivity index (χ1v) is 8.08. The van der Waals surface area contributed by atoms with Crippen LogP contribution in [0.5, 0.6) is 5.75 Å². The van der Waals surface area contributed by atoms with Crippen LogP contribution >= 0.6 is 11.6 Å². The molecule has 0 aromatic heterocycles. The Morgan fingerprint density at radius 3 is 2.55 bits per heavy atom. The minimum Gasteiger partial charge on any atom is -0.489 e. The fourth-order valence-electron chi connectivity index (χ4n) is 2.61. The Kier molecular flexibility index (Phi) is 5.34. The van der Waals surface area contributed by atoms with E-state index >= 15 is 0 Å². The zero-order valence-corrected chi connectivity index (χ0v) is 13.6. The Morgan fingerprint density at radius 1 is 1.25 bits per heavy atom. The van der Waals surface area contributed by atoms with Gasteiger partial charge in [-0.05, 0) is 42.5 Å². The van der Waals surface area contributed by atoms with Crippen LogP contribution in [0, 0.1) is 0 Å². The third-order valence-corrected chi connectivity index (χ3v) is 4.13. The fourth-order valence-corrected chi connectivity index (χ4v) is 2.73. The van der Waals surface area contributed by atoms with Gasteiger partial charge in [-0.15, -0.1) is 11.6 Å². The molecule has 0 amide bonds. The van der Waals surface area contributed by atoms with Gasteiger partial charge in [0.25, 0.3) is 0 Å². The number of alkyl halides is 1. The second-order valence-electron chi connectivity index (χ2n) is 6.65. The maximum atomic E-state index is 6.08. The summed E-state index contributed by atoms with van der Waals surface area (Å²) in [6.45, 7) is 9.93. The maximum absolute atomic E-state index is 6.08. The lowest BCUT2D eigenvalue weighted by atomic mass is 9.87. The molecule has 2 rings (SSSR count). The molecule has 0 aliphatic carbocycles. The van der Waals surface area contributed by atoms with Gasteiger partial charge in [-0.3, -0.25) is 4.90 Å². The molecule has 1 aromatic rings. The number of hydrogen-bond donors (Lipinski definition) is 0. The van der Waals surface area contributed by atoms with E-state index in [2.05, 4.69) is 49.9 Å². The molecular weight excluding hydrogens is 270 g/mol. The molecule has 0 saturated carbocycles. The molecule has 1 heterocycles. The van der Waals surface area contributed by atoms with Gasteiger partial charge >= 0.3 is 0 Å². The normalized spacial score (nSPS) is 20.3. The highest BCUT2D eigenvalue weighted by Gasteiger charge is 2.23. The average molecular weight is 296 g/mol. The first-order valence-electron chi connectivity index (χ1n) is 7.54. The SMILES string of the molecule is CC(C)(C)c1ccc(OC2CCN(CCCCl)C2)cc1. The highest BCUT2D eigenvalue weighted by molar-refractivity contribution is 6.17. The molecule has 1 fully saturated rings. The maximum Gasteiger partial charge on any atom is 0.119 e. The molecule has 1 aliphatic heterocycles. The number of hydrogen-bond acceptors (Lipinski definition) is 2. The first-order chi connectivity index (χ1) is 9.49. The predicted molar refractivity (Wildman–Crippen MR) is 86.0 cm³/mol. The van der Waals surface area contributed by atoms with Gasteiger partial charge in [-0.2, -0.15) is 0 Å². The van der Waals surface area contributed by atoms with Gasteiger partial charge in [0, 0.05) is 19.0 Å². The predicted octanol–water partition coefficient (Wildman–Crippen LogP) is 4.07. The van der Waals surface area contributed by atoms with E-state index in [-0.39, 0.29) is 5.41 Å². The van der Waals surface area contributed by atoms with Crippen molar-refractivity contribution >= 4 is 11.6 Å². The van der Waals surface area contributed by atoms with Crippen molar-refractivity contribution in [2.45, 2.75) is 45.1 Å². The lowest BCUT2D eigenvalue weighted by Crippen LogP contribution is -2.26. The number of nitrogens with zero attached hydrogens (tertiary/aromatic N) is 1. The Morgan fingerprint density at radius 2 is 1.95 bits per heavy atom. The highest BCUT2D eigenvalue weighted by Crippen LogP contribution is 2.25. The first kappa shape index (κ1) is 15.7. The molecule has 0 N–H and O–H groups in total. The second-order valence-corrected chi connectivity index (χ2v) is 7.02. The van der Waals surface area contributed by atoms with Gasteiger partial charge in [0.05, 0.1) is 0 Å². The summed E-state index contributed by atoms with van der Waals surface area (Å²) in [5.74, 6) is 1.73. The number of likely N-dealkylation sites (tertiary alicyclic amines) is 1. The van der Waals surface area contributed by atoms with Crippen molar-refractivity contribution in [3.8, 4) is 5.75 Å². The summed E-state index contributed by atoms with van der Waals surface area (Å²) in [7, 11) is 0. The van der Waals surface area contributed by atoms with Crippen LogP contribution in [0.2, 0.25) is 0 Å². The molecule has 112 valence electrons. The van der Waals surface area contributed by atoms with Gasteiger partial charge in [-0.1, -0.05) is 32.9 Å². The summed E-state index contributed by atoms with van der Waals surface area (Å²) in [6, 6.07) is 8.55. The molecule has 1 aliphatic rings. The molecule has 0 bridgehead atoms. The third kappa shape index (κ3) is 4.39. The summed E-state index contributed by atoms with van der Waals surface area (Å²) in [6.07, 6.45) is 2.50. The van der Waals surface area contributed by atoms with Crippen LogP contribution in [-0.4, -0.2) is 36.5 Å². The lowest BCUT2D eigenvalue weighted by molar-refractivity contribution is 0.200. The number of rotatable bonds is 5. The Labute approximate surface area is 128 Å². The number of benzene rings is 1. The van der Waals surface area contributed by atoms with E-state index in [4.69, 9.17) is 16.3 Å². The highest BCUT2D eigenvalue weighted by atomic mass is 35.5. The largest absolute Gasteiger partial charge is 0.489 e. The standard InChI is InChI=1S/C17H26ClNO/c1-17(2,3)14-5-7-15(8-6-14)20-16-9-12-19(13-16)11-4-10-18/h5-8,16H,4,9-13H2,1-3H3. The zero-order valence-electron chi connectivity index (χ0n) is 12.9. The van der Waals surface area contributed by atoms with Crippen molar-refractivity contribution in [1.82, 2.24) is 4.90 Å². The minimum absolute atomic E-state index is 0.199. The van der Waals surface area contributed by atoms with Crippen LogP contribution in [0.3, 0.4) is 0 Å². The Hall–Kier alpha value is -0.730. The average Bonchev–Trinajstić information content (AvgIpc) is 2.83. The van der Waals surface area contributed by atoms with Crippen molar-refractivity contribution in [1.29, 1.82) is 0 Å². The van der Waals surface area contributed by atoms with Crippen LogP contribution in [0.1, 0.15) is 39.2 Å². The van der Waals surface area contributed by atoms with Crippen LogP contribution in [0.15, 0.2) is 24.3 Å². The quantitative estimate of drug-likeness (QED) is 0.759. The summed E-state index contributed by atoms with van der Waals surface area (Å²) >= 11 is 5.74. The summed E-state index contributed by atoms with van der Waals surface area (Å²) in [5.41, 5.74) is 1.55. The van der Waals surface area contributed by atoms with Crippen LogP contribution in [-0.2, 0) is 5.41 Å². The summed E-state index contributed by atoms with van der Waals surface area (Å²) < 4.78 is 6.08. The van der Waals surface area contributed by atoms with Gasteiger partial charge in [0.2, 0.25) is 0 Å². The van der Waals surface area contributed by atoms with E-state index in [1.165, 1.54) is 5.56 Å². The molecule has 1 saturated heterocycles. The van der Waals surface area contributed by atoms with Gasteiger partial charge < -0.3 is 4.74 Å². The monoisotopic (exact) mass is 295 g/mol. The van der Waals surface area contributed by atoms with Crippen LogP contribution < -0.4 is 4.74 Å². The molecule has 20 heavy (non-hydrogen) atoms. The van der Waals surface area contributed by atoms with Crippen molar-refractivity contribution in [3.05, 3.63) is 29.8 Å². The topological polar surface area (TPSA) is 12.5 Å². The molecule has 1 aromatic carbocycles. The van der Waals surface area contributed by atoms with Crippen molar-refractivity contribution in [2.75, 3.05) is 25.5 Å². The molecule has 2 nitrogen and oxygen atoms in total. The summed E-state index contributed by atoms with van der Waals surface area (Å²) in [4.78, 5) is 2.44. The zero-order chi connectivity index (χ0) is 14.6. The Balaban J connectivity index is 1.85. The van der Waals surface area contributed by atoms with E-state index in [9.17, 15) is 0 Å². The Bertz CT molecular complexity index is 410. The van der Waals surface area contributed by atoms with Gasteiger partial charge in [-0.25, -0.2) is 0 Å². The lowest BCUT2D eigenvalue weighted by Gasteiger charge is -2.20. The third-order valence-electron chi connectivity index (χ3n) is 3.86. The van der Waals surface area contributed by atoms with Crippen LogP contribution in [0.4, 0.5) is 0 Å². The van der Waals surface area contributed by atoms with Crippen molar-refractivity contribution in [3.63, 3.8) is 0 Å². The molecule has 3 heteroatoms. The van der Waals surface area contributed by atoms with E-state index < -0.39 is 0 Å². The van der Waals surface area contributed by atoms with E-state index in [0.717, 1.165) is 44.1 Å². The fraction of sp³-hybridized carbons (Fsp3) is 0.647. The van der Waals surface area contributed by atoms with Crippen molar-refractivity contribution in [2.24, 2.45) is 0 Å². The van der Waals surface area contributed by atoms with Gasteiger partial charge in [0.15, 0.2) is 0 Å². The number of halogens is 1. The van der Waals surface area contributed by atoms with E-state index in [0.29, 0.717) is 6.10 Å². The van der Waals surface area contributed by atoms with Crippen molar-refractivity contribution < 1.29 is 4.74 Å².